The molecule has 0 atom stereocenters. The third kappa shape index (κ3) is 4.75. The van der Waals surface area contributed by atoms with Gasteiger partial charge in [-0.05, 0) is 95.4 Å². The summed E-state index contributed by atoms with van der Waals surface area (Å²) in [5, 5.41) is 0.928. The van der Waals surface area contributed by atoms with Crippen LogP contribution in [0.4, 0.5) is 8.78 Å². The lowest BCUT2D eigenvalue weighted by Gasteiger charge is -2.06. The van der Waals surface area contributed by atoms with Crippen LogP contribution in [0, 0.1) is 15.2 Å². The number of methoxy groups -OCH3 is 1. The summed E-state index contributed by atoms with van der Waals surface area (Å²) < 4.78 is 32.7. The van der Waals surface area contributed by atoms with Crippen LogP contribution in [0.25, 0.3) is 16.6 Å². The fourth-order valence-electron chi connectivity index (χ4n) is 2.64. The van der Waals surface area contributed by atoms with Crippen LogP contribution in [-0.2, 0) is 4.74 Å². The largest absolute Gasteiger partial charge is 0.465 e. The van der Waals surface area contributed by atoms with Crippen molar-refractivity contribution in [2.45, 2.75) is 0 Å². The lowest BCUT2D eigenvalue weighted by atomic mass is 10.1. The highest BCUT2D eigenvalue weighted by Gasteiger charge is 2.09. The van der Waals surface area contributed by atoms with E-state index in [1.807, 2.05) is 22.9 Å². The Labute approximate surface area is 174 Å². The molecule has 4 aromatic rings. The molecule has 0 N–H and O–H groups in total. The van der Waals surface area contributed by atoms with Gasteiger partial charge < -0.3 is 9.30 Å². The van der Waals surface area contributed by atoms with Gasteiger partial charge in [-0.3, -0.25) is 0 Å². The standard InChI is InChI=1S/C16H12FNO2.C6H4FI/c1-20-16(19)12-2-7-15-11(10-12)8-9-18(15)14-5-3-13(17)4-6-14;7-5-1-3-6(8)4-2-5/h2-10H,1H3;1-4H. The smallest absolute Gasteiger partial charge is 0.337 e. The van der Waals surface area contributed by atoms with Gasteiger partial charge in [-0.1, -0.05) is 0 Å². The lowest BCUT2D eigenvalue weighted by molar-refractivity contribution is 0.0601. The van der Waals surface area contributed by atoms with Crippen molar-refractivity contribution in [3.8, 4) is 5.69 Å². The zero-order valence-corrected chi connectivity index (χ0v) is 17.1. The number of carbonyl (C=O) groups is 1. The molecule has 3 aromatic carbocycles. The summed E-state index contributed by atoms with van der Waals surface area (Å²) in [4.78, 5) is 11.5. The summed E-state index contributed by atoms with van der Waals surface area (Å²) in [6.07, 6.45) is 1.89. The van der Waals surface area contributed by atoms with Crippen LogP contribution < -0.4 is 0 Å². The van der Waals surface area contributed by atoms with Gasteiger partial charge in [0.1, 0.15) is 11.6 Å². The van der Waals surface area contributed by atoms with Gasteiger partial charge >= 0.3 is 5.97 Å². The van der Waals surface area contributed by atoms with Crippen molar-refractivity contribution in [2.24, 2.45) is 0 Å². The van der Waals surface area contributed by atoms with Crippen LogP contribution in [0.1, 0.15) is 10.4 Å². The molecule has 0 spiro atoms. The average Bonchev–Trinajstić information content (AvgIpc) is 3.14. The maximum Gasteiger partial charge on any atom is 0.337 e. The zero-order chi connectivity index (χ0) is 20.1. The second-order valence-electron chi connectivity index (χ2n) is 5.86. The van der Waals surface area contributed by atoms with E-state index in [4.69, 9.17) is 4.74 Å². The highest BCUT2D eigenvalue weighted by Crippen LogP contribution is 2.22. The van der Waals surface area contributed by atoms with Crippen molar-refractivity contribution in [1.29, 1.82) is 0 Å². The molecule has 0 aliphatic heterocycles. The van der Waals surface area contributed by atoms with Crippen LogP contribution in [0.3, 0.4) is 0 Å². The molecule has 0 amide bonds. The molecule has 142 valence electrons. The Morgan fingerprint density at radius 1 is 0.893 bits per heavy atom. The van der Waals surface area contributed by atoms with E-state index in [9.17, 15) is 13.6 Å². The first kappa shape index (κ1) is 20.0. The van der Waals surface area contributed by atoms with E-state index in [1.165, 1.54) is 31.4 Å². The number of nitrogens with zero attached hydrogens (tertiary/aromatic N) is 1. The summed E-state index contributed by atoms with van der Waals surface area (Å²) in [6.45, 7) is 0. The number of esters is 1. The molecule has 1 heterocycles. The Hall–Kier alpha value is -2.74. The third-order valence-electron chi connectivity index (χ3n) is 4.02. The van der Waals surface area contributed by atoms with E-state index in [0.29, 0.717) is 5.56 Å². The van der Waals surface area contributed by atoms with Crippen molar-refractivity contribution >= 4 is 39.5 Å². The minimum Gasteiger partial charge on any atom is -0.465 e. The zero-order valence-electron chi connectivity index (χ0n) is 14.9. The Morgan fingerprint density at radius 3 is 2.07 bits per heavy atom. The quantitative estimate of drug-likeness (QED) is 0.255. The van der Waals surface area contributed by atoms with E-state index in [1.54, 1.807) is 36.4 Å². The van der Waals surface area contributed by atoms with Gasteiger partial charge in [0.15, 0.2) is 0 Å². The van der Waals surface area contributed by atoms with Gasteiger partial charge in [-0.15, -0.1) is 0 Å². The fourth-order valence-corrected chi connectivity index (χ4v) is 3.00. The Bertz CT molecular complexity index is 1070. The highest BCUT2D eigenvalue weighted by atomic mass is 127. The van der Waals surface area contributed by atoms with Crippen LogP contribution in [0.5, 0.6) is 0 Å². The molecule has 0 fully saturated rings. The molecule has 1 aromatic heterocycles. The van der Waals surface area contributed by atoms with Gasteiger partial charge in [0.25, 0.3) is 0 Å². The molecule has 28 heavy (non-hydrogen) atoms. The Kier molecular flexibility index (Phi) is 6.41. The van der Waals surface area contributed by atoms with E-state index in [0.717, 1.165) is 20.2 Å². The summed E-state index contributed by atoms with van der Waals surface area (Å²) in [7, 11) is 1.36. The number of rotatable bonds is 2. The maximum absolute atomic E-state index is 13.0. The van der Waals surface area contributed by atoms with Crippen LogP contribution >= 0.6 is 22.6 Å². The van der Waals surface area contributed by atoms with Gasteiger partial charge in [-0.25, -0.2) is 13.6 Å². The van der Waals surface area contributed by atoms with Gasteiger partial charge in [0, 0.05) is 20.8 Å². The van der Waals surface area contributed by atoms with E-state index < -0.39 is 0 Å². The van der Waals surface area contributed by atoms with Crippen LogP contribution in [0.2, 0.25) is 0 Å². The number of halogens is 3. The molecule has 0 unspecified atom stereocenters. The van der Waals surface area contributed by atoms with E-state index in [-0.39, 0.29) is 17.6 Å². The number of benzene rings is 3. The normalized spacial score (nSPS) is 10.3. The first-order chi connectivity index (χ1) is 13.5. The monoisotopic (exact) mass is 491 g/mol. The Balaban J connectivity index is 0.000000236. The number of ether oxygens (including phenoxy) is 1. The highest BCUT2D eigenvalue weighted by molar-refractivity contribution is 14.1. The first-order valence-corrected chi connectivity index (χ1v) is 9.42. The van der Waals surface area contributed by atoms with Crippen LogP contribution in [-0.4, -0.2) is 17.6 Å². The molecular formula is C22H16F2INO2. The number of aromatic nitrogens is 1. The summed E-state index contributed by atoms with van der Waals surface area (Å²) in [6, 6.07) is 19.9. The lowest BCUT2D eigenvalue weighted by Crippen LogP contribution is -2.00. The third-order valence-corrected chi connectivity index (χ3v) is 4.74. The second-order valence-corrected chi connectivity index (χ2v) is 7.11. The predicted octanol–water partition coefficient (Wildman–Crippen LogP) is 5.99. The molecule has 3 nitrogen and oxygen atoms in total. The van der Waals surface area contributed by atoms with Gasteiger partial charge in [0.2, 0.25) is 0 Å². The topological polar surface area (TPSA) is 31.2 Å². The molecule has 0 bridgehead atoms. The molecule has 0 aliphatic carbocycles. The first-order valence-electron chi connectivity index (χ1n) is 8.34. The van der Waals surface area contributed by atoms with Gasteiger partial charge in [0.05, 0.1) is 18.2 Å². The Morgan fingerprint density at radius 2 is 1.50 bits per heavy atom. The minimum absolute atomic E-state index is 0.176. The van der Waals surface area contributed by atoms with Crippen molar-refractivity contribution in [3.63, 3.8) is 0 Å². The minimum atomic E-state index is -0.360. The van der Waals surface area contributed by atoms with Gasteiger partial charge in [-0.2, -0.15) is 0 Å². The molecular weight excluding hydrogens is 475 g/mol. The molecule has 0 radical (unpaired) electrons. The van der Waals surface area contributed by atoms with Crippen molar-refractivity contribution < 1.29 is 18.3 Å². The number of fused-ring (bicyclic) bond motifs is 1. The predicted molar refractivity (Wildman–Crippen MR) is 114 cm³/mol. The van der Waals surface area contributed by atoms with Crippen molar-refractivity contribution in [2.75, 3.05) is 7.11 Å². The average molecular weight is 491 g/mol. The van der Waals surface area contributed by atoms with Crippen LogP contribution in [0.15, 0.2) is 79.0 Å². The summed E-state index contributed by atoms with van der Waals surface area (Å²) >= 11 is 2.13. The maximum atomic E-state index is 13.0. The molecule has 0 saturated heterocycles. The summed E-state index contributed by atoms with van der Waals surface area (Å²) in [5.41, 5.74) is 2.33. The fraction of sp³-hybridized carbons (Fsp3) is 0.0455. The van der Waals surface area contributed by atoms with Crippen molar-refractivity contribution in [1.82, 2.24) is 4.57 Å². The number of carbonyl (C=O) groups excluding carboxylic acids is 1. The van der Waals surface area contributed by atoms with E-state index in [2.05, 4.69) is 22.6 Å². The second kappa shape index (κ2) is 8.97. The number of hydrogen-bond acceptors (Lipinski definition) is 2. The van der Waals surface area contributed by atoms with Crippen molar-refractivity contribution in [3.05, 3.63) is 99.8 Å². The molecule has 0 aliphatic rings. The molecule has 6 heteroatoms. The van der Waals surface area contributed by atoms with E-state index >= 15 is 0 Å². The summed E-state index contributed by atoms with van der Waals surface area (Å²) in [5.74, 6) is -0.801. The molecule has 0 saturated carbocycles. The SMILES string of the molecule is COC(=O)c1ccc2c(ccn2-c2ccc(F)cc2)c1.Fc1ccc(I)cc1. The number of hydrogen-bond donors (Lipinski definition) is 0. The molecule has 4 rings (SSSR count).